The van der Waals surface area contributed by atoms with Gasteiger partial charge in [-0.1, -0.05) is 6.07 Å². The molecule has 3 amide bonds. The van der Waals surface area contributed by atoms with Crippen molar-refractivity contribution >= 4 is 46.2 Å². The van der Waals surface area contributed by atoms with Crippen molar-refractivity contribution in [2.24, 2.45) is 11.8 Å². The molecule has 0 spiro atoms. The van der Waals surface area contributed by atoms with Gasteiger partial charge in [-0.2, -0.15) is 0 Å². The number of pyridine rings is 1. The van der Waals surface area contributed by atoms with E-state index in [1.54, 1.807) is 11.0 Å². The first-order valence-corrected chi connectivity index (χ1v) is 21.1. The number of nitrogens with one attached hydrogen (secondary N) is 2. The molecule has 15 heteroatoms. The van der Waals surface area contributed by atoms with E-state index in [-0.39, 0.29) is 47.3 Å². The number of nitrogens with zero attached hydrogens (tertiary/aromatic N) is 8. The van der Waals surface area contributed by atoms with E-state index in [1.807, 2.05) is 49.7 Å². The summed E-state index contributed by atoms with van der Waals surface area (Å²) in [6, 6.07) is 12.4. The molecule has 3 aromatic heterocycles. The third-order valence-electron chi connectivity index (χ3n) is 12.8. The Hall–Kier alpha value is -5.83. The molecule has 9 rings (SSSR count). The normalized spacial score (nSPS) is 19.4. The fraction of sp³-hybridized carbons (Fsp3) is 0.444. The monoisotopic (exact) mass is 816 g/mol. The van der Waals surface area contributed by atoms with Crippen LogP contribution in [0.5, 0.6) is 0 Å². The van der Waals surface area contributed by atoms with Crippen molar-refractivity contribution < 1.29 is 23.2 Å². The Morgan fingerprint density at radius 2 is 1.65 bits per heavy atom. The number of imide groups is 1. The maximum atomic E-state index is 15.2. The van der Waals surface area contributed by atoms with Crippen LogP contribution in [0.3, 0.4) is 0 Å². The predicted octanol–water partition coefficient (Wildman–Crippen LogP) is 6.73. The molecule has 4 aliphatic rings. The summed E-state index contributed by atoms with van der Waals surface area (Å²) in [7, 11) is 0. The van der Waals surface area contributed by atoms with Gasteiger partial charge >= 0.3 is 0 Å². The number of carbonyl (C=O) groups is 3. The third-order valence-corrected chi connectivity index (χ3v) is 12.8. The van der Waals surface area contributed by atoms with Gasteiger partial charge in [-0.05, 0) is 132 Å². The molecule has 4 aliphatic heterocycles. The van der Waals surface area contributed by atoms with Crippen LogP contribution in [0.25, 0.3) is 22.3 Å². The summed E-state index contributed by atoms with van der Waals surface area (Å²) in [6.07, 6.45) is 9.04. The van der Waals surface area contributed by atoms with E-state index in [0.29, 0.717) is 53.1 Å². The predicted molar refractivity (Wildman–Crippen MR) is 224 cm³/mol. The number of hydrogen-bond donors (Lipinski definition) is 2. The second kappa shape index (κ2) is 16.3. The number of carbonyl (C=O) groups excluding carboxylic acids is 3. The molecule has 0 aliphatic carbocycles. The molecule has 2 aromatic carbocycles. The van der Waals surface area contributed by atoms with Crippen LogP contribution in [0.2, 0.25) is 0 Å². The minimum Gasteiger partial charge on any atom is -0.372 e. The Kier molecular flexibility index (Phi) is 10.8. The summed E-state index contributed by atoms with van der Waals surface area (Å²) >= 11 is 0. The molecule has 60 heavy (non-hydrogen) atoms. The zero-order chi connectivity index (χ0) is 41.7. The van der Waals surface area contributed by atoms with E-state index < -0.39 is 17.7 Å². The second-order valence-electron chi connectivity index (χ2n) is 17.1. The summed E-state index contributed by atoms with van der Waals surface area (Å²) in [5.41, 5.74) is 5.01. The van der Waals surface area contributed by atoms with Crippen LogP contribution in [0, 0.1) is 30.4 Å². The van der Waals surface area contributed by atoms with Gasteiger partial charge in [-0.3, -0.25) is 19.7 Å². The zero-order valence-electron chi connectivity index (χ0n) is 34.3. The average molecular weight is 817 g/mol. The Morgan fingerprint density at radius 3 is 2.38 bits per heavy atom. The summed E-state index contributed by atoms with van der Waals surface area (Å²) < 4.78 is 32.1. The fourth-order valence-corrected chi connectivity index (χ4v) is 9.62. The molecule has 1 unspecified atom stereocenters. The fourth-order valence-electron chi connectivity index (χ4n) is 9.62. The van der Waals surface area contributed by atoms with Crippen molar-refractivity contribution in [3.8, 4) is 11.3 Å². The van der Waals surface area contributed by atoms with E-state index in [2.05, 4.69) is 52.5 Å². The first-order valence-electron chi connectivity index (χ1n) is 21.1. The maximum Gasteiger partial charge on any atom is 0.255 e. The van der Waals surface area contributed by atoms with Crippen molar-refractivity contribution in [1.29, 1.82) is 0 Å². The van der Waals surface area contributed by atoms with Gasteiger partial charge in [0, 0.05) is 61.7 Å². The number of rotatable bonds is 10. The van der Waals surface area contributed by atoms with Crippen LogP contribution in [0.1, 0.15) is 85.7 Å². The molecule has 0 saturated carbocycles. The Bertz CT molecular complexity index is 2460. The molecule has 2 N–H and O–H groups in total. The molecular weight excluding hydrogens is 767 g/mol. The van der Waals surface area contributed by atoms with Crippen molar-refractivity contribution in [2.45, 2.75) is 84.3 Å². The van der Waals surface area contributed by atoms with Gasteiger partial charge in [0.25, 0.3) is 5.91 Å². The van der Waals surface area contributed by atoms with Crippen molar-refractivity contribution in [3.63, 3.8) is 0 Å². The largest absolute Gasteiger partial charge is 0.372 e. The van der Waals surface area contributed by atoms with Gasteiger partial charge in [0.05, 0.1) is 11.7 Å². The number of aromatic nitrogens is 5. The molecular formula is C45H50F2N10O3. The van der Waals surface area contributed by atoms with Crippen LogP contribution < -0.4 is 15.5 Å². The summed E-state index contributed by atoms with van der Waals surface area (Å²) in [6.45, 7) is 11.4. The highest BCUT2D eigenvalue weighted by Gasteiger charge is 2.39. The van der Waals surface area contributed by atoms with Crippen molar-refractivity contribution in [2.75, 3.05) is 42.9 Å². The first-order chi connectivity index (χ1) is 29.0. The molecule has 0 radical (unpaired) electrons. The number of fused-ring (bicyclic) bond motifs is 2. The molecule has 3 fully saturated rings. The van der Waals surface area contributed by atoms with Crippen molar-refractivity contribution in [1.82, 2.24) is 39.6 Å². The molecule has 0 bridgehead atoms. The van der Waals surface area contributed by atoms with Crippen LogP contribution in [0.15, 0.2) is 54.9 Å². The number of anilines is 3. The topological polar surface area (TPSA) is 141 Å². The smallest absolute Gasteiger partial charge is 0.255 e. The van der Waals surface area contributed by atoms with Crippen LogP contribution in [0.4, 0.5) is 26.2 Å². The number of imidazole rings is 1. The van der Waals surface area contributed by atoms with Crippen LogP contribution >= 0.6 is 0 Å². The van der Waals surface area contributed by atoms with Crippen molar-refractivity contribution in [3.05, 3.63) is 89.0 Å². The summed E-state index contributed by atoms with van der Waals surface area (Å²) in [4.78, 5) is 61.4. The SMILES string of the molecule is Cc1nc2c(F)cc(-c3nc(Nc4ccc(CC5CCN(CC6CCN(c7ccc8c(c7)CN(C7CCC(=O)NC7=O)C8=O)CC6)CC5)cn4)ncc3F)cc2n1C(C)C. The number of benzene rings is 2. The summed E-state index contributed by atoms with van der Waals surface area (Å²) in [5.74, 6) is 0.628. The lowest BCUT2D eigenvalue weighted by atomic mass is 9.89. The summed E-state index contributed by atoms with van der Waals surface area (Å²) in [5, 5.41) is 5.46. The van der Waals surface area contributed by atoms with Gasteiger partial charge in [0.15, 0.2) is 11.6 Å². The van der Waals surface area contributed by atoms with Crippen LogP contribution in [-0.4, -0.2) is 90.8 Å². The molecule has 1 atom stereocenters. The number of likely N-dealkylation sites (tertiary alicyclic amines) is 1. The van der Waals surface area contributed by atoms with Gasteiger partial charge < -0.3 is 24.6 Å². The Balaban J connectivity index is 0.737. The molecule has 312 valence electrons. The Morgan fingerprint density at radius 1 is 0.867 bits per heavy atom. The lowest BCUT2D eigenvalue weighted by Crippen LogP contribution is -2.52. The van der Waals surface area contributed by atoms with Gasteiger partial charge in [-0.25, -0.2) is 28.7 Å². The molecule has 5 aromatic rings. The number of halogens is 2. The first kappa shape index (κ1) is 39.6. The zero-order valence-corrected chi connectivity index (χ0v) is 34.3. The lowest BCUT2D eigenvalue weighted by Gasteiger charge is -2.38. The van der Waals surface area contributed by atoms with E-state index in [9.17, 15) is 14.4 Å². The second-order valence-corrected chi connectivity index (χ2v) is 17.1. The standard InChI is InChI=1S/C45H50F2N10O3/c1-26(2)57-27(3)50-42-35(46)20-31(21-38(42)57)41-36(47)23-49-45(53-41)51-39-8-4-30(22-48-39)18-28-10-14-54(15-11-28)24-29-12-16-55(17-13-29)33-5-6-34-32(19-33)25-56(44(34)60)37-7-9-40(58)52-43(37)59/h4-6,8,19-23,26,28-29,37H,7,9-18,24-25H2,1-3H3,(H,52,58,59)(H,48,49,51,53). The molecule has 7 heterocycles. The number of hydrogen-bond acceptors (Lipinski definition) is 10. The lowest BCUT2D eigenvalue weighted by molar-refractivity contribution is -0.136. The maximum absolute atomic E-state index is 15.2. The van der Waals surface area contributed by atoms with E-state index in [1.165, 1.54) is 6.07 Å². The van der Waals surface area contributed by atoms with Gasteiger partial charge in [0.1, 0.15) is 28.9 Å². The highest BCUT2D eigenvalue weighted by Crippen LogP contribution is 2.34. The Labute approximate surface area is 347 Å². The molecule has 13 nitrogen and oxygen atoms in total. The minimum absolute atomic E-state index is 0.00621. The van der Waals surface area contributed by atoms with E-state index >= 15 is 8.78 Å². The third kappa shape index (κ3) is 7.94. The van der Waals surface area contributed by atoms with Gasteiger partial charge in [0.2, 0.25) is 17.8 Å². The quantitative estimate of drug-likeness (QED) is 0.146. The number of piperidine rings is 3. The van der Waals surface area contributed by atoms with Gasteiger partial charge in [-0.15, -0.1) is 0 Å². The number of aryl methyl sites for hydroxylation is 1. The van der Waals surface area contributed by atoms with E-state index in [0.717, 1.165) is 87.8 Å². The highest BCUT2D eigenvalue weighted by molar-refractivity contribution is 6.05. The average Bonchev–Trinajstić information content (AvgIpc) is 3.75. The highest BCUT2D eigenvalue weighted by atomic mass is 19.1. The minimum atomic E-state index is -0.651. The molecule has 3 saturated heterocycles. The van der Waals surface area contributed by atoms with E-state index in [4.69, 9.17) is 0 Å². The van der Waals surface area contributed by atoms with Crippen LogP contribution in [-0.2, 0) is 22.6 Å². The number of amides is 3.